The third-order valence-electron chi connectivity index (χ3n) is 15.1. The van der Waals surface area contributed by atoms with Gasteiger partial charge < -0.3 is 19.0 Å². The second-order valence-corrected chi connectivity index (χ2v) is 24.5. The van der Waals surface area contributed by atoms with Crippen LogP contribution in [0.3, 0.4) is 0 Å². The van der Waals surface area contributed by atoms with Crippen molar-refractivity contribution in [3.63, 3.8) is 0 Å². The maximum absolute atomic E-state index is 7.22. The number of para-hydroxylation sites is 1. The molecule has 0 fully saturated rings. The van der Waals surface area contributed by atoms with Crippen molar-refractivity contribution in [1.29, 1.82) is 0 Å². The predicted octanol–water partition coefficient (Wildman–Crippen LogP) is 16.9. The van der Waals surface area contributed by atoms with Crippen LogP contribution in [0.15, 0.2) is 156 Å². The van der Waals surface area contributed by atoms with E-state index in [1.54, 1.807) is 0 Å². The fraction of sp³-hybridized carbons (Fsp3) is 0.273. The minimum atomic E-state index is -0.0806. The predicted molar refractivity (Wildman–Crippen MR) is 304 cm³/mol. The second-order valence-electron chi connectivity index (χ2n) is 24.5. The second kappa shape index (κ2) is 16.3. The van der Waals surface area contributed by atoms with Crippen molar-refractivity contribution in [3.05, 3.63) is 185 Å². The molecular weight excluding hydrogens is 864 g/mol. The van der Waals surface area contributed by atoms with Gasteiger partial charge in [0, 0.05) is 34.2 Å². The van der Waals surface area contributed by atoms with Crippen LogP contribution < -0.4 is 30.9 Å². The van der Waals surface area contributed by atoms with Gasteiger partial charge >= 0.3 is 0 Å². The van der Waals surface area contributed by atoms with Crippen LogP contribution in [0, 0.1) is 13.8 Å². The summed E-state index contributed by atoms with van der Waals surface area (Å²) in [5.74, 6) is 1.80. The van der Waals surface area contributed by atoms with Gasteiger partial charge in [-0.05, 0) is 152 Å². The lowest BCUT2D eigenvalue weighted by Gasteiger charge is -2.41. The molecule has 5 heteroatoms. The van der Waals surface area contributed by atoms with Crippen LogP contribution in [-0.4, -0.2) is 6.71 Å². The van der Waals surface area contributed by atoms with Crippen LogP contribution in [0.4, 0.5) is 34.1 Å². The molecule has 0 spiro atoms. The quantitative estimate of drug-likeness (QED) is 0.161. The van der Waals surface area contributed by atoms with Gasteiger partial charge in [0.15, 0.2) is 0 Å². The molecule has 0 bridgehead atoms. The Balaban J connectivity index is 1.24. The molecule has 1 aromatic heterocycles. The van der Waals surface area contributed by atoms with E-state index in [0.29, 0.717) is 0 Å². The lowest BCUT2D eigenvalue weighted by atomic mass is 9.33. The van der Waals surface area contributed by atoms with Gasteiger partial charge in [0.25, 0.3) is 6.71 Å². The molecule has 0 radical (unpaired) electrons. The summed E-state index contributed by atoms with van der Waals surface area (Å²) in [7, 11) is 0. The summed E-state index contributed by atoms with van der Waals surface area (Å²) in [4.78, 5) is 4.95. The minimum absolute atomic E-state index is 0.00122. The molecule has 3 heterocycles. The number of hydrogen-bond donors (Lipinski definition) is 0. The van der Waals surface area contributed by atoms with Gasteiger partial charge in [-0.25, -0.2) is 0 Å². The Labute approximate surface area is 422 Å². The maximum atomic E-state index is 7.22. The SMILES string of the molecule is Cc1ccc(C)c(-c2cc3c4c(c2)N(c2cc(N(c5ccc(C(C)(C)C)cc5)c5ccc(C(C)(C)C)cc5)c5c(c2)oc2ccccc25)c2ccc(C(C)(C)C)cc2B4c2cc(C(C)(C)C)ccc2O3)c1. The lowest BCUT2D eigenvalue weighted by Crippen LogP contribution is -2.60. The van der Waals surface area contributed by atoms with Crippen LogP contribution in [0.2, 0.25) is 0 Å². The first-order valence-corrected chi connectivity index (χ1v) is 25.5. The highest BCUT2D eigenvalue weighted by Crippen LogP contribution is 2.50. The van der Waals surface area contributed by atoms with Crippen LogP contribution in [0.25, 0.3) is 33.1 Å². The Morgan fingerprint density at radius 2 is 1.06 bits per heavy atom. The van der Waals surface area contributed by atoms with Crippen molar-refractivity contribution < 1.29 is 9.15 Å². The summed E-state index contributed by atoms with van der Waals surface area (Å²) in [5, 5.41) is 2.15. The van der Waals surface area contributed by atoms with E-state index in [2.05, 4.69) is 258 Å². The molecule has 71 heavy (non-hydrogen) atoms. The summed E-state index contributed by atoms with van der Waals surface area (Å²) in [6.45, 7) is 31.9. The Morgan fingerprint density at radius 1 is 0.479 bits per heavy atom. The number of anilines is 6. The molecule has 0 aliphatic carbocycles. The first-order valence-electron chi connectivity index (χ1n) is 25.5. The van der Waals surface area contributed by atoms with E-state index >= 15 is 0 Å². The topological polar surface area (TPSA) is 28.9 Å². The van der Waals surface area contributed by atoms with Crippen molar-refractivity contribution in [2.24, 2.45) is 0 Å². The van der Waals surface area contributed by atoms with E-state index < -0.39 is 0 Å². The monoisotopic (exact) mass is 931 g/mol. The normalized spacial score (nSPS) is 13.5. The molecule has 4 nitrogen and oxygen atoms in total. The van der Waals surface area contributed by atoms with E-state index in [4.69, 9.17) is 9.15 Å². The number of rotatable bonds is 5. The molecule has 2 aliphatic heterocycles. The molecule has 2 aliphatic rings. The highest BCUT2D eigenvalue weighted by Gasteiger charge is 2.44. The van der Waals surface area contributed by atoms with E-state index in [1.807, 2.05) is 0 Å². The molecule has 8 aromatic carbocycles. The summed E-state index contributed by atoms with van der Waals surface area (Å²) < 4.78 is 14.2. The van der Waals surface area contributed by atoms with Crippen molar-refractivity contribution >= 4 is 79.2 Å². The van der Waals surface area contributed by atoms with Gasteiger partial charge in [-0.1, -0.05) is 174 Å². The number of furan rings is 1. The standard InChI is InChI=1S/C66H67BN2O2/c1-40-19-20-41(2)51(33-40)42-34-56-62-60(35-42)71-58-32-26-46(66(12,13)14)37-53(58)67(62)52-36-45(65(9,10)11)25-31-54(52)69(56)49-38-55(61-50-17-15-16-18-57(50)70-59(61)39-49)68(47-27-21-43(22-28-47)63(3,4)5)48-29-23-44(24-30-48)64(6,7)8/h15-39H,1-14H3. The summed E-state index contributed by atoms with van der Waals surface area (Å²) >= 11 is 0. The molecule has 0 unspecified atom stereocenters. The van der Waals surface area contributed by atoms with Crippen molar-refractivity contribution in [1.82, 2.24) is 0 Å². The van der Waals surface area contributed by atoms with Gasteiger partial charge in [-0.3, -0.25) is 0 Å². The molecule has 356 valence electrons. The molecule has 0 saturated heterocycles. The smallest absolute Gasteiger partial charge is 0.256 e. The minimum Gasteiger partial charge on any atom is -0.458 e. The van der Waals surface area contributed by atoms with Crippen molar-refractivity contribution in [2.45, 2.75) is 119 Å². The average molecular weight is 931 g/mol. The molecule has 0 saturated carbocycles. The third-order valence-corrected chi connectivity index (χ3v) is 15.1. The van der Waals surface area contributed by atoms with Gasteiger partial charge in [0.1, 0.15) is 22.7 Å². The van der Waals surface area contributed by atoms with Gasteiger partial charge in [0.2, 0.25) is 0 Å². The Bertz CT molecular complexity index is 3510. The highest BCUT2D eigenvalue weighted by atomic mass is 16.5. The molecular formula is C66H67BN2O2. The number of aryl methyl sites for hydroxylation is 2. The number of nitrogens with zero attached hydrogens (tertiary/aromatic N) is 2. The van der Waals surface area contributed by atoms with Crippen molar-refractivity contribution in [3.8, 4) is 22.6 Å². The number of benzene rings is 8. The zero-order chi connectivity index (χ0) is 50.1. The van der Waals surface area contributed by atoms with Crippen LogP contribution in [0.5, 0.6) is 11.5 Å². The van der Waals surface area contributed by atoms with Crippen LogP contribution >= 0.6 is 0 Å². The molecule has 0 N–H and O–H groups in total. The third kappa shape index (κ3) is 8.02. The largest absolute Gasteiger partial charge is 0.458 e. The fourth-order valence-electron chi connectivity index (χ4n) is 10.9. The summed E-state index contributed by atoms with van der Waals surface area (Å²) in [6, 6.07) is 57.1. The van der Waals surface area contributed by atoms with E-state index in [-0.39, 0.29) is 28.4 Å². The van der Waals surface area contributed by atoms with Gasteiger partial charge in [-0.2, -0.15) is 0 Å². The van der Waals surface area contributed by atoms with Crippen molar-refractivity contribution in [2.75, 3.05) is 9.80 Å². The summed E-state index contributed by atoms with van der Waals surface area (Å²) in [5.41, 5.74) is 21.6. The molecule has 11 rings (SSSR count). The first kappa shape index (κ1) is 46.4. The first-order chi connectivity index (χ1) is 33.5. The Kier molecular flexibility index (Phi) is 10.6. The lowest BCUT2D eigenvalue weighted by molar-refractivity contribution is 0.486. The molecule has 0 amide bonds. The zero-order valence-corrected chi connectivity index (χ0v) is 44.2. The van der Waals surface area contributed by atoms with E-state index in [9.17, 15) is 0 Å². The highest BCUT2D eigenvalue weighted by molar-refractivity contribution is 6.99. The Hall–Kier alpha value is -6.98. The Morgan fingerprint density at radius 3 is 1.68 bits per heavy atom. The van der Waals surface area contributed by atoms with E-state index in [1.165, 1.54) is 55.3 Å². The van der Waals surface area contributed by atoms with Crippen LogP contribution in [-0.2, 0) is 21.7 Å². The van der Waals surface area contributed by atoms with Gasteiger partial charge in [0.05, 0.1) is 16.8 Å². The van der Waals surface area contributed by atoms with Gasteiger partial charge in [-0.15, -0.1) is 0 Å². The van der Waals surface area contributed by atoms with E-state index in [0.717, 1.165) is 73.1 Å². The number of fused-ring (bicyclic) bond motifs is 7. The zero-order valence-electron chi connectivity index (χ0n) is 44.2. The molecule has 9 aromatic rings. The number of hydrogen-bond acceptors (Lipinski definition) is 4. The number of ether oxygens (including phenoxy) is 1. The summed E-state index contributed by atoms with van der Waals surface area (Å²) in [6.07, 6.45) is 0. The average Bonchev–Trinajstić information content (AvgIpc) is 3.70. The fourth-order valence-corrected chi connectivity index (χ4v) is 10.9. The molecule has 0 atom stereocenters. The maximum Gasteiger partial charge on any atom is 0.256 e. The van der Waals surface area contributed by atoms with Crippen LogP contribution in [0.1, 0.15) is 116 Å².